The number of benzene rings is 1. The van der Waals surface area contributed by atoms with E-state index in [4.69, 9.17) is 0 Å². The maximum absolute atomic E-state index is 13.8. The van der Waals surface area contributed by atoms with Crippen LogP contribution in [0.1, 0.15) is 26.2 Å². The summed E-state index contributed by atoms with van der Waals surface area (Å²) in [5.74, 6) is -0.776. The molecule has 0 spiro atoms. The fraction of sp³-hybridized carbons (Fsp3) is 0.538. The summed E-state index contributed by atoms with van der Waals surface area (Å²) < 4.78 is 63.8. The monoisotopic (exact) mass is 335 g/mol. The van der Waals surface area contributed by atoms with Crippen LogP contribution >= 0.6 is 0 Å². The highest BCUT2D eigenvalue weighted by Gasteiger charge is 2.30. The molecule has 2 atom stereocenters. The highest BCUT2D eigenvalue weighted by molar-refractivity contribution is 7.91. The average molecular weight is 335 g/mol. The van der Waals surface area contributed by atoms with Crippen LogP contribution in [0.2, 0.25) is 0 Å². The van der Waals surface area contributed by atoms with Crippen LogP contribution in [-0.2, 0) is 19.9 Å². The number of nitrogens with one attached hydrogen (secondary N) is 1. The molecule has 1 saturated carbocycles. The van der Waals surface area contributed by atoms with Crippen LogP contribution in [0.15, 0.2) is 28.0 Å². The van der Waals surface area contributed by atoms with E-state index < -0.39 is 30.6 Å². The molecule has 2 unspecified atom stereocenters. The molecule has 1 aromatic carbocycles. The van der Waals surface area contributed by atoms with Crippen molar-refractivity contribution in [1.29, 1.82) is 0 Å². The zero-order valence-corrected chi connectivity index (χ0v) is 13.5. The molecule has 0 bridgehead atoms. The fourth-order valence-corrected chi connectivity index (χ4v) is 4.71. The van der Waals surface area contributed by atoms with Gasteiger partial charge in [0.15, 0.2) is 9.84 Å². The fourth-order valence-electron chi connectivity index (χ4n) is 2.50. The molecule has 0 amide bonds. The minimum absolute atomic E-state index is 0.181. The smallest absolute Gasteiger partial charge is 0.224 e. The summed E-state index contributed by atoms with van der Waals surface area (Å²) in [7, 11) is -7.68. The number of sulfonamides is 1. The summed E-state index contributed by atoms with van der Waals surface area (Å²) >= 11 is 0. The Hall–Kier alpha value is -0.990. The first-order valence-electron chi connectivity index (χ1n) is 6.63. The van der Waals surface area contributed by atoms with Crippen molar-refractivity contribution in [2.24, 2.45) is 5.92 Å². The van der Waals surface area contributed by atoms with Crippen LogP contribution in [0.4, 0.5) is 4.39 Å². The van der Waals surface area contributed by atoms with E-state index in [0.29, 0.717) is 6.42 Å². The van der Waals surface area contributed by atoms with Gasteiger partial charge in [0.25, 0.3) is 0 Å². The lowest BCUT2D eigenvalue weighted by Crippen LogP contribution is -2.36. The van der Waals surface area contributed by atoms with Gasteiger partial charge in [-0.1, -0.05) is 13.3 Å². The second kappa shape index (κ2) is 5.66. The van der Waals surface area contributed by atoms with Gasteiger partial charge in [0, 0.05) is 12.3 Å². The van der Waals surface area contributed by atoms with Crippen molar-refractivity contribution in [2.45, 2.75) is 42.0 Å². The van der Waals surface area contributed by atoms with Crippen molar-refractivity contribution >= 4 is 19.9 Å². The van der Waals surface area contributed by atoms with E-state index in [1.54, 1.807) is 0 Å². The van der Waals surface area contributed by atoms with Crippen LogP contribution in [0.25, 0.3) is 0 Å². The predicted molar refractivity (Wildman–Crippen MR) is 76.6 cm³/mol. The van der Waals surface area contributed by atoms with Crippen LogP contribution < -0.4 is 4.72 Å². The zero-order valence-electron chi connectivity index (χ0n) is 11.8. The van der Waals surface area contributed by atoms with Crippen molar-refractivity contribution in [2.75, 3.05) is 6.26 Å². The molecule has 0 aromatic heterocycles. The van der Waals surface area contributed by atoms with Crippen molar-refractivity contribution in [1.82, 2.24) is 4.72 Å². The topological polar surface area (TPSA) is 80.3 Å². The van der Waals surface area contributed by atoms with Gasteiger partial charge in [0.05, 0.1) is 4.90 Å². The van der Waals surface area contributed by atoms with Crippen molar-refractivity contribution < 1.29 is 21.2 Å². The third kappa shape index (κ3) is 3.61. The Labute approximate surface area is 124 Å². The molecule has 1 aliphatic carbocycles. The molecule has 1 N–H and O–H groups in total. The van der Waals surface area contributed by atoms with Gasteiger partial charge in [0.1, 0.15) is 10.7 Å². The molecule has 2 rings (SSSR count). The summed E-state index contributed by atoms with van der Waals surface area (Å²) in [5.41, 5.74) is 0. The first kappa shape index (κ1) is 16.4. The quantitative estimate of drug-likeness (QED) is 0.849. The number of sulfone groups is 1. The Kier molecular flexibility index (Phi) is 4.41. The molecule has 0 aliphatic heterocycles. The molecule has 0 radical (unpaired) electrons. The maximum atomic E-state index is 13.8. The van der Waals surface area contributed by atoms with Gasteiger partial charge in [-0.15, -0.1) is 0 Å². The van der Waals surface area contributed by atoms with E-state index in [0.717, 1.165) is 37.3 Å². The van der Waals surface area contributed by atoms with Gasteiger partial charge in [-0.3, -0.25) is 0 Å². The average Bonchev–Trinajstić information content (AvgIpc) is 2.73. The Morgan fingerprint density at radius 1 is 1.19 bits per heavy atom. The van der Waals surface area contributed by atoms with Crippen LogP contribution in [0, 0.1) is 11.7 Å². The first-order valence-corrected chi connectivity index (χ1v) is 10.0. The molecule has 0 saturated heterocycles. The summed E-state index contributed by atoms with van der Waals surface area (Å²) in [6.45, 7) is 1.93. The molecule has 1 aromatic rings. The normalized spacial score (nSPS) is 23.4. The number of hydrogen-bond donors (Lipinski definition) is 1. The molecule has 21 heavy (non-hydrogen) atoms. The lowest BCUT2D eigenvalue weighted by Gasteiger charge is -2.17. The van der Waals surface area contributed by atoms with Gasteiger partial charge in [-0.05, 0) is 37.0 Å². The lowest BCUT2D eigenvalue weighted by atomic mass is 10.1. The molecule has 8 heteroatoms. The second-order valence-electron chi connectivity index (χ2n) is 5.50. The Bertz CT molecular complexity index is 743. The molecule has 118 valence electrons. The summed E-state index contributed by atoms with van der Waals surface area (Å²) in [6, 6.07) is 2.55. The van der Waals surface area contributed by atoms with Crippen LogP contribution in [0.5, 0.6) is 0 Å². The van der Waals surface area contributed by atoms with Gasteiger partial charge in [-0.25, -0.2) is 25.9 Å². The SMILES string of the molecule is CC1CCCC1NS(=O)(=O)c1cc(S(C)(=O)=O)ccc1F. The number of rotatable bonds is 4. The Morgan fingerprint density at radius 3 is 2.38 bits per heavy atom. The molecule has 5 nitrogen and oxygen atoms in total. The van der Waals surface area contributed by atoms with Crippen LogP contribution in [-0.4, -0.2) is 29.1 Å². The molecule has 0 heterocycles. The largest absolute Gasteiger partial charge is 0.243 e. The Balaban J connectivity index is 2.40. The standard InChI is InChI=1S/C13H18FNO4S2/c1-9-4-3-5-12(9)15-21(18,19)13-8-10(20(2,16)17)6-7-11(13)14/h6-9,12,15H,3-5H2,1-2H3. The second-order valence-corrected chi connectivity index (χ2v) is 9.20. The van der Waals surface area contributed by atoms with Gasteiger partial charge < -0.3 is 0 Å². The van der Waals surface area contributed by atoms with E-state index in [2.05, 4.69) is 4.72 Å². The van der Waals surface area contributed by atoms with E-state index in [1.165, 1.54) is 0 Å². The first-order chi connectivity index (χ1) is 9.61. The van der Waals surface area contributed by atoms with Gasteiger partial charge >= 0.3 is 0 Å². The molecule has 1 aliphatic rings. The highest BCUT2D eigenvalue weighted by atomic mass is 32.2. The van der Waals surface area contributed by atoms with Gasteiger partial charge in [-0.2, -0.15) is 0 Å². The third-order valence-corrected chi connectivity index (χ3v) is 6.40. The number of halogens is 1. The van der Waals surface area contributed by atoms with E-state index in [-0.39, 0.29) is 16.9 Å². The molecular formula is C13H18FNO4S2. The number of hydrogen-bond acceptors (Lipinski definition) is 4. The van der Waals surface area contributed by atoms with Gasteiger partial charge in [0.2, 0.25) is 10.0 Å². The molecular weight excluding hydrogens is 317 g/mol. The minimum Gasteiger partial charge on any atom is -0.224 e. The summed E-state index contributed by atoms with van der Waals surface area (Å²) in [5, 5.41) is 0. The Morgan fingerprint density at radius 2 is 1.86 bits per heavy atom. The lowest BCUT2D eigenvalue weighted by molar-refractivity contribution is 0.473. The summed E-state index contributed by atoms with van der Waals surface area (Å²) in [4.78, 5) is -0.840. The summed E-state index contributed by atoms with van der Waals surface area (Å²) in [6.07, 6.45) is 3.48. The van der Waals surface area contributed by atoms with Crippen molar-refractivity contribution in [3.8, 4) is 0 Å². The maximum Gasteiger partial charge on any atom is 0.243 e. The minimum atomic E-state index is -4.08. The van der Waals surface area contributed by atoms with E-state index in [1.807, 2.05) is 6.92 Å². The van der Waals surface area contributed by atoms with E-state index >= 15 is 0 Å². The predicted octanol–water partition coefficient (Wildman–Crippen LogP) is 1.70. The van der Waals surface area contributed by atoms with Crippen LogP contribution in [0.3, 0.4) is 0 Å². The highest BCUT2D eigenvalue weighted by Crippen LogP contribution is 2.27. The van der Waals surface area contributed by atoms with E-state index in [9.17, 15) is 21.2 Å². The van der Waals surface area contributed by atoms with Crippen molar-refractivity contribution in [3.05, 3.63) is 24.0 Å². The van der Waals surface area contributed by atoms with Crippen molar-refractivity contribution in [3.63, 3.8) is 0 Å². The molecule has 1 fully saturated rings. The third-order valence-electron chi connectivity index (χ3n) is 3.79. The zero-order chi connectivity index (χ0) is 15.8.